The molecule has 0 aromatic heterocycles. The Kier molecular flexibility index (Phi) is 7.15. The normalized spacial score (nSPS) is 17.5. The van der Waals surface area contributed by atoms with E-state index in [4.69, 9.17) is 9.47 Å². The molecule has 0 spiro atoms. The molecule has 0 saturated carbocycles. The number of hydrazine groups is 1. The van der Waals surface area contributed by atoms with Crippen molar-refractivity contribution in [2.75, 3.05) is 26.2 Å². The lowest BCUT2D eigenvalue weighted by Crippen LogP contribution is -2.61. The second-order valence-electron chi connectivity index (χ2n) is 7.54. The average molecular weight is 393 g/mol. The van der Waals surface area contributed by atoms with E-state index in [1.54, 1.807) is 37.8 Å². The first-order valence-electron chi connectivity index (χ1n) is 9.17. The molecule has 2 rings (SSSR count). The van der Waals surface area contributed by atoms with Gasteiger partial charge in [-0.25, -0.2) is 24.4 Å². The molecular formula is C20H28FN3O4. The van der Waals surface area contributed by atoms with Crippen molar-refractivity contribution in [3.05, 3.63) is 48.6 Å². The molecule has 1 aromatic carbocycles. The van der Waals surface area contributed by atoms with Gasteiger partial charge in [-0.1, -0.05) is 36.9 Å². The van der Waals surface area contributed by atoms with Crippen molar-refractivity contribution in [1.82, 2.24) is 15.3 Å². The summed E-state index contributed by atoms with van der Waals surface area (Å²) in [6.45, 7) is 10.1. The Morgan fingerprint density at radius 2 is 1.79 bits per heavy atom. The molecule has 0 radical (unpaired) electrons. The number of halogens is 1. The van der Waals surface area contributed by atoms with Crippen molar-refractivity contribution in [3.63, 3.8) is 0 Å². The van der Waals surface area contributed by atoms with Crippen molar-refractivity contribution >= 4 is 12.1 Å². The summed E-state index contributed by atoms with van der Waals surface area (Å²) >= 11 is 0. The Balaban J connectivity index is 1.86. The van der Waals surface area contributed by atoms with E-state index in [1.165, 1.54) is 5.01 Å². The number of piperazine rings is 1. The van der Waals surface area contributed by atoms with Gasteiger partial charge in [0.15, 0.2) is 0 Å². The molecule has 1 aliphatic rings. The fraction of sp³-hybridized carbons (Fsp3) is 0.500. The van der Waals surface area contributed by atoms with Gasteiger partial charge < -0.3 is 14.4 Å². The second kappa shape index (κ2) is 9.16. The largest absolute Gasteiger partial charge is 0.457 e. The van der Waals surface area contributed by atoms with Crippen molar-refractivity contribution < 1.29 is 23.5 Å². The Hall–Kier alpha value is -2.45. The van der Waals surface area contributed by atoms with Gasteiger partial charge in [-0.3, -0.25) is 0 Å². The van der Waals surface area contributed by atoms with Gasteiger partial charge in [-0.05, 0) is 32.4 Å². The Morgan fingerprint density at radius 3 is 2.32 bits per heavy atom. The van der Waals surface area contributed by atoms with Crippen LogP contribution in [0.4, 0.5) is 9.18 Å². The summed E-state index contributed by atoms with van der Waals surface area (Å²) in [7, 11) is 0. The van der Waals surface area contributed by atoms with E-state index in [0.29, 0.717) is 26.2 Å². The van der Waals surface area contributed by atoms with E-state index in [1.807, 2.05) is 18.2 Å². The van der Waals surface area contributed by atoms with E-state index in [9.17, 15) is 9.59 Å². The monoisotopic (exact) mass is 393 g/mol. The van der Waals surface area contributed by atoms with Crippen LogP contribution in [0.15, 0.2) is 43.0 Å². The van der Waals surface area contributed by atoms with Crippen LogP contribution in [0.2, 0.25) is 0 Å². The maximum atomic E-state index is 15.0. The predicted octanol–water partition coefficient (Wildman–Crippen LogP) is 2.64. The molecular weight excluding hydrogens is 365 g/mol. The minimum atomic E-state index is -2.55. The number of benzene rings is 1. The first-order valence-corrected chi connectivity index (χ1v) is 9.17. The molecule has 1 fully saturated rings. The zero-order chi connectivity index (χ0) is 20.8. The lowest BCUT2D eigenvalue weighted by atomic mass is 10.2. The number of carbonyl (C=O) groups excluding carboxylic acids is 2. The quantitative estimate of drug-likeness (QED) is 0.455. The smallest absolute Gasteiger partial charge is 0.410 e. The van der Waals surface area contributed by atoms with Gasteiger partial charge in [0.1, 0.15) is 12.2 Å². The fourth-order valence-corrected chi connectivity index (χ4v) is 2.56. The van der Waals surface area contributed by atoms with Gasteiger partial charge in [-0.2, -0.15) is 0 Å². The maximum Gasteiger partial charge on any atom is 0.410 e. The molecule has 7 nitrogen and oxygen atoms in total. The zero-order valence-electron chi connectivity index (χ0n) is 16.6. The number of hydrogen-bond donors (Lipinski definition) is 1. The van der Waals surface area contributed by atoms with E-state index >= 15 is 4.39 Å². The van der Waals surface area contributed by atoms with Crippen LogP contribution in [0.1, 0.15) is 26.3 Å². The molecule has 0 aliphatic carbocycles. The zero-order valence-corrected chi connectivity index (χ0v) is 16.6. The van der Waals surface area contributed by atoms with E-state index in [0.717, 1.165) is 11.6 Å². The average Bonchev–Trinajstić information content (AvgIpc) is 2.66. The Morgan fingerprint density at radius 1 is 1.18 bits per heavy atom. The molecule has 1 atom stereocenters. The lowest BCUT2D eigenvalue weighted by molar-refractivity contribution is -0.162. The summed E-state index contributed by atoms with van der Waals surface area (Å²) in [5.74, 6) is -3.62. The molecule has 0 bridgehead atoms. The van der Waals surface area contributed by atoms with Gasteiger partial charge in [0.05, 0.1) is 0 Å². The molecule has 1 heterocycles. The molecule has 28 heavy (non-hydrogen) atoms. The molecule has 1 aliphatic heterocycles. The van der Waals surface area contributed by atoms with Crippen LogP contribution in [0.3, 0.4) is 0 Å². The topological polar surface area (TPSA) is 71.1 Å². The highest BCUT2D eigenvalue weighted by Gasteiger charge is 2.40. The predicted molar refractivity (Wildman–Crippen MR) is 103 cm³/mol. The molecule has 8 heteroatoms. The maximum absolute atomic E-state index is 15.0. The Bertz CT molecular complexity index is 684. The summed E-state index contributed by atoms with van der Waals surface area (Å²) in [6.07, 6.45) is 0.463. The van der Waals surface area contributed by atoms with Crippen molar-refractivity contribution in [1.29, 1.82) is 0 Å². The molecule has 1 unspecified atom stereocenters. The number of esters is 1. The van der Waals surface area contributed by atoms with Crippen LogP contribution in [-0.4, -0.2) is 59.5 Å². The second-order valence-corrected chi connectivity index (χ2v) is 7.54. The number of amides is 1. The first-order chi connectivity index (χ1) is 13.1. The highest BCUT2D eigenvalue weighted by atomic mass is 19.1. The number of carbonyl (C=O) groups is 2. The van der Waals surface area contributed by atoms with E-state index in [2.05, 4.69) is 12.0 Å². The number of rotatable bonds is 6. The minimum Gasteiger partial charge on any atom is -0.457 e. The Labute approximate surface area is 165 Å². The lowest BCUT2D eigenvalue weighted by Gasteiger charge is -2.37. The number of nitrogens with one attached hydrogen (secondary N) is 1. The summed E-state index contributed by atoms with van der Waals surface area (Å²) < 4.78 is 25.4. The van der Waals surface area contributed by atoms with Crippen LogP contribution in [-0.2, 0) is 20.9 Å². The standard InChI is InChI=1S/C20H28FN3O4/c1-5-20(21,17(25)27-15-16-9-7-6-8-10-16)22-24-13-11-23(12-14-24)18(26)28-19(2,3)4/h5-10,22H,1,11-15H2,2-4H3. The van der Waals surface area contributed by atoms with Gasteiger partial charge in [0.2, 0.25) is 0 Å². The van der Waals surface area contributed by atoms with Crippen LogP contribution >= 0.6 is 0 Å². The number of hydrogen-bond acceptors (Lipinski definition) is 6. The summed E-state index contributed by atoms with van der Waals surface area (Å²) in [6, 6.07) is 9.02. The highest BCUT2D eigenvalue weighted by molar-refractivity contribution is 5.81. The first kappa shape index (κ1) is 21.8. The minimum absolute atomic E-state index is 0.0344. The third-order valence-corrected chi connectivity index (χ3v) is 4.04. The third kappa shape index (κ3) is 6.31. The van der Waals surface area contributed by atoms with Gasteiger partial charge in [0, 0.05) is 26.2 Å². The van der Waals surface area contributed by atoms with Crippen LogP contribution < -0.4 is 5.43 Å². The van der Waals surface area contributed by atoms with Gasteiger partial charge in [-0.15, -0.1) is 0 Å². The number of nitrogens with zero attached hydrogens (tertiary/aromatic N) is 2. The van der Waals surface area contributed by atoms with Crippen molar-refractivity contribution in [2.24, 2.45) is 0 Å². The molecule has 1 N–H and O–H groups in total. The van der Waals surface area contributed by atoms with Crippen LogP contribution in [0.5, 0.6) is 0 Å². The molecule has 154 valence electrons. The number of ether oxygens (including phenoxy) is 2. The van der Waals surface area contributed by atoms with Gasteiger partial charge >= 0.3 is 12.1 Å². The molecule has 1 aromatic rings. The van der Waals surface area contributed by atoms with E-state index in [-0.39, 0.29) is 6.61 Å². The molecule has 1 saturated heterocycles. The van der Waals surface area contributed by atoms with Crippen molar-refractivity contribution in [2.45, 2.75) is 38.8 Å². The van der Waals surface area contributed by atoms with E-state index < -0.39 is 23.5 Å². The highest BCUT2D eigenvalue weighted by Crippen LogP contribution is 2.16. The summed E-state index contributed by atoms with van der Waals surface area (Å²) in [5.41, 5.74) is 2.70. The van der Waals surface area contributed by atoms with Crippen LogP contribution in [0, 0.1) is 0 Å². The van der Waals surface area contributed by atoms with Crippen molar-refractivity contribution in [3.8, 4) is 0 Å². The summed E-state index contributed by atoms with van der Waals surface area (Å²) in [5, 5.41) is 1.53. The van der Waals surface area contributed by atoms with Crippen LogP contribution in [0.25, 0.3) is 0 Å². The van der Waals surface area contributed by atoms with Gasteiger partial charge in [0.25, 0.3) is 5.79 Å². The fourth-order valence-electron chi connectivity index (χ4n) is 2.56. The summed E-state index contributed by atoms with van der Waals surface area (Å²) in [4.78, 5) is 25.9. The SMILES string of the molecule is C=CC(F)(NN1CCN(C(=O)OC(C)(C)C)CC1)C(=O)OCc1ccccc1. The molecule has 1 amide bonds. The number of alkyl halides is 1. The third-order valence-electron chi connectivity index (χ3n) is 4.04.